The van der Waals surface area contributed by atoms with E-state index in [-0.39, 0.29) is 0 Å². The molecule has 0 spiro atoms. The van der Waals surface area contributed by atoms with Crippen LogP contribution in [0, 0.1) is 5.41 Å². The monoisotopic (exact) mass is 320 g/mol. The SMILES string of the molecule is CN=C(NCCN1CCc2sccc2C1)N1CCC(C)(C)C1. The van der Waals surface area contributed by atoms with Gasteiger partial charge in [-0.25, -0.2) is 0 Å². The molecule has 1 N–H and O–H groups in total. The highest BCUT2D eigenvalue weighted by atomic mass is 32.1. The summed E-state index contributed by atoms with van der Waals surface area (Å²) in [6, 6.07) is 2.28. The van der Waals surface area contributed by atoms with Gasteiger partial charge in [-0.1, -0.05) is 13.8 Å². The zero-order chi connectivity index (χ0) is 15.6. The Hall–Kier alpha value is -1.07. The Bertz CT molecular complexity index is 535. The Balaban J connectivity index is 1.45. The van der Waals surface area contributed by atoms with E-state index in [1.165, 1.54) is 24.9 Å². The van der Waals surface area contributed by atoms with Crippen molar-refractivity contribution in [3.05, 3.63) is 21.9 Å². The van der Waals surface area contributed by atoms with Crippen molar-refractivity contribution >= 4 is 17.3 Å². The Labute approximate surface area is 138 Å². The molecule has 0 radical (unpaired) electrons. The van der Waals surface area contributed by atoms with Gasteiger partial charge in [0.05, 0.1) is 0 Å². The van der Waals surface area contributed by atoms with Crippen LogP contribution >= 0.6 is 11.3 Å². The molecule has 3 rings (SSSR count). The van der Waals surface area contributed by atoms with Crippen molar-refractivity contribution in [3.8, 4) is 0 Å². The van der Waals surface area contributed by atoms with Gasteiger partial charge in [-0.2, -0.15) is 0 Å². The zero-order valence-corrected chi connectivity index (χ0v) is 14.9. The van der Waals surface area contributed by atoms with Gasteiger partial charge in [0.25, 0.3) is 0 Å². The van der Waals surface area contributed by atoms with Gasteiger partial charge in [0.1, 0.15) is 0 Å². The molecule has 0 amide bonds. The van der Waals surface area contributed by atoms with Gasteiger partial charge in [0, 0.05) is 51.2 Å². The van der Waals surface area contributed by atoms with Crippen molar-refractivity contribution in [1.82, 2.24) is 15.1 Å². The number of hydrogen-bond acceptors (Lipinski definition) is 3. The molecule has 0 saturated carbocycles. The second-order valence-electron chi connectivity index (χ2n) is 7.20. The molecule has 0 atom stereocenters. The average molecular weight is 321 g/mol. The Morgan fingerprint density at radius 3 is 3.00 bits per heavy atom. The average Bonchev–Trinajstić information content (AvgIpc) is 3.09. The molecule has 22 heavy (non-hydrogen) atoms. The topological polar surface area (TPSA) is 30.9 Å². The van der Waals surface area contributed by atoms with Crippen LogP contribution in [0.25, 0.3) is 0 Å². The fourth-order valence-electron chi connectivity index (χ4n) is 3.45. The third-order valence-corrected chi connectivity index (χ3v) is 5.81. The second kappa shape index (κ2) is 6.59. The van der Waals surface area contributed by atoms with E-state index in [0.717, 1.165) is 38.7 Å². The molecule has 3 heterocycles. The highest BCUT2D eigenvalue weighted by molar-refractivity contribution is 7.10. The largest absolute Gasteiger partial charge is 0.355 e. The minimum absolute atomic E-state index is 0.417. The molecule has 4 nitrogen and oxygen atoms in total. The van der Waals surface area contributed by atoms with Crippen molar-refractivity contribution < 1.29 is 0 Å². The number of aliphatic imine (C=N–C) groups is 1. The number of guanidine groups is 1. The minimum Gasteiger partial charge on any atom is -0.355 e. The fraction of sp³-hybridized carbons (Fsp3) is 0.706. The lowest BCUT2D eigenvalue weighted by atomic mass is 9.93. The number of nitrogens with zero attached hydrogens (tertiary/aromatic N) is 3. The van der Waals surface area contributed by atoms with Crippen molar-refractivity contribution in [2.24, 2.45) is 10.4 Å². The fourth-order valence-corrected chi connectivity index (χ4v) is 4.34. The number of fused-ring (bicyclic) bond motifs is 1. The van der Waals surface area contributed by atoms with Crippen molar-refractivity contribution in [3.63, 3.8) is 0 Å². The first kappa shape index (κ1) is 15.8. The molecule has 122 valence electrons. The predicted molar refractivity (Wildman–Crippen MR) is 94.6 cm³/mol. The van der Waals surface area contributed by atoms with Crippen LogP contribution in [0.15, 0.2) is 16.4 Å². The third kappa shape index (κ3) is 3.63. The van der Waals surface area contributed by atoms with E-state index in [4.69, 9.17) is 0 Å². The predicted octanol–water partition coefficient (Wildman–Crippen LogP) is 2.41. The van der Waals surface area contributed by atoms with Gasteiger partial charge in [-0.15, -0.1) is 11.3 Å². The Morgan fingerprint density at radius 2 is 2.27 bits per heavy atom. The Kier molecular flexibility index (Phi) is 4.73. The molecule has 0 unspecified atom stereocenters. The first-order valence-corrected chi connectivity index (χ1v) is 9.18. The van der Waals surface area contributed by atoms with E-state index in [0.29, 0.717) is 5.41 Å². The minimum atomic E-state index is 0.417. The Morgan fingerprint density at radius 1 is 1.41 bits per heavy atom. The van der Waals surface area contributed by atoms with Crippen molar-refractivity contribution in [1.29, 1.82) is 0 Å². The van der Waals surface area contributed by atoms with E-state index in [2.05, 4.69) is 45.4 Å². The molecule has 1 aromatic rings. The summed E-state index contributed by atoms with van der Waals surface area (Å²) in [5.41, 5.74) is 1.95. The summed E-state index contributed by atoms with van der Waals surface area (Å²) < 4.78 is 0. The molecule has 2 aliphatic heterocycles. The molecule has 1 fully saturated rings. The molecule has 0 aromatic carbocycles. The van der Waals surface area contributed by atoms with Gasteiger partial charge in [0.15, 0.2) is 5.96 Å². The third-order valence-electron chi connectivity index (χ3n) is 4.79. The standard InChI is InChI=1S/C17H28N4S/c1-17(2)6-9-21(13-17)16(18-3)19-7-10-20-8-4-15-14(12-20)5-11-22-15/h5,11H,4,6-10,12-13H2,1-3H3,(H,18,19). The van der Waals surface area contributed by atoms with Crippen LogP contribution < -0.4 is 5.32 Å². The highest BCUT2D eigenvalue weighted by Crippen LogP contribution is 2.28. The van der Waals surface area contributed by atoms with Crippen LogP contribution in [-0.4, -0.2) is 55.5 Å². The number of likely N-dealkylation sites (tertiary alicyclic amines) is 1. The lowest BCUT2D eigenvalue weighted by Crippen LogP contribution is -2.44. The van der Waals surface area contributed by atoms with E-state index >= 15 is 0 Å². The van der Waals surface area contributed by atoms with Gasteiger partial charge in [0.2, 0.25) is 0 Å². The number of thiophene rings is 1. The second-order valence-corrected chi connectivity index (χ2v) is 8.21. The first-order chi connectivity index (χ1) is 10.6. The quantitative estimate of drug-likeness (QED) is 0.685. The van der Waals surface area contributed by atoms with Crippen LogP contribution in [0.4, 0.5) is 0 Å². The molecular formula is C17H28N4S. The number of nitrogens with one attached hydrogen (secondary N) is 1. The molecule has 0 aliphatic carbocycles. The molecule has 5 heteroatoms. The van der Waals surface area contributed by atoms with Crippen LogP contribution in [-0.2, 0) is 13.0 Å². The van der Waals surface area contributed by atoms with Crippen molar-refractivity contribution in [2.45, 2.75) is 33.2 Å². The van der Waals surface area contributed by atoms with Gasteiger partial charge in [-0.05, 0) is 35.3 Å². The number of rotatable bonds is 3. The lowest BCUT2D eigenvalue weighted by molar-refractivity contribution is 0.259. The van der Waals surface area contributed by atoms with E-state index in [1.807, 2.05) is 18.4 Å². The maximum absolute atomic E-state index is 4.46. The lowest BCUT2D eigenvalue weighted by Gasteiger charge is -2.28. The van der Waals surface area contributed by atoms with Crippen LogP contribution in [0.3, 0.4) is 0 Å². The van der Waals surface area contributed by atoms with Crippen LogP contribution in [0.1, 0.15) is 30.7 Å². The first-order valence-electron chi connectivity index (χ1n) is 8.31. The highest BCUT2D eigenvalue weighted by Gasteiger charge is 2.30. The molecule has 2 aliphatic rings. The van der Waals surface area contributed by atoms with Gasteiger partial charge < -0.3 is 10.2 Å². The molecular weight excluding hydrogens is 292 g/mol. The van der Waals surface area contributed by atoms with Crippen LogP contribution in [0.5, 0.6) is 0 Å². The van der Waals surface area contributed by atoms with Crippen molar-refractivity contribution in [2.75, 3.05) is 39.8 Å². The van der Waals surface area contributed by atoms with Gasteiger partial charge >= 0.3 is 0 Å². The van der Waals surface area contributed by atoms with E-state index in [9.17, 15) is 0 Å². The normalized spacial score (nSPS) is 22.0. The summed E-state index contributed by atoms with van der Waals surface area (Å²) in [5.74, 6) is 1.07. The van der Waals surface area contributed by atoms with Crippen LogP contribution in [0.2, 0.25) is 0 Å². The molecule has 1 aromatic heterocycles. The van der Waals surface area contributed by atoms with Gasteiger partial charge in [-0.3, -0.25) is 9.89 Å². The molecule has 1 saturated heterocycles. The number of hydrogen-bond donors (Lipinski definition) is 1. The smallest absolute Gasteiger partial charge is 0.193 e. The summed E-state index contributed by atoms with van der Waals surface area (Å²) in [6.45, 7) is 11.3. The zero-order valence-electron chi connectivity index (χ0n) is 14.1. The van der Waals surface area contributed by atoms with E-state index < -0.39 is 0 Å². The summed E-state index contributed by atoms with van der Waals surface area (Å²) in [7, 11) is 1.90. The summed E-state index contributed by atoms with van der Waals surface area (Å²) >= 11 is 1.91. The maximum Gasteiger partial charge on any atom is 0.193 e. The summed E-state index contributed by atoms with van der Waals surface area (Å²) in [5, 5.41) is 5.78. The summed E-state index contributed by atoms with van der Waals surface area (Å²) in [6.07, 6.45) is 2.46. The maximum atomic E-state index is 4.46. The molecule has 0 bridgehead atoms. The summed E-state index contributed by atoms with van der Waals surface area (Å²) in [4.78, 5) is 11.0. The van der Waals surface area contributed by atoms with E-state index in [1.54, 1.807) is 4.88 Å².